The second-order valence-corrected chi connectivity index (χ2v) is 6.48. The number of guanidine groups is 1. The summed E-state index contributed by atoms with van der Waals surface area (Å²) >= 11 is 0. The summed E-state index contributed by atoms with van der Waals surface area (Å²) in [5.41, 5.74) is 0.962. The van der Waals surface area contributed by atoms with Crippen LogP contribution in [0.2, 0.25) is 0 Å². The van der Waals surface area contributed by atoms with Crippen molar-refractivity contribution < 1.29 is 18.9 Å². The number of nitrogens with zero attached hydrogens (tertiary/aromatic N) is 1. The number of hydrogen-bond acceptors (Lipinski definition) is 5. The first-order valence-corrected chi connectivity index (χ1v) is 10.1. The molecule has 0 fully saturated rings. The standard InChI is InChI=1S/C21H37N3O4.HI/c1-5-26-14-6-12-22-21(23-13-7-15-27-17-16-25-4)24-19-8-10-20(11-9-19)28-18(2)3;/h8-11,18H,5-7,12-17H2,1-4H3,(H2,22,23,24);1H. The summed E-state index contributed by atoms with van der Waals surface area (Å²) in [6.45, 7) is 10.9. The van der Waals surface area contributed by atoms with E-state index in [1.54, 1.807) is 7.11 Å². The third kappa shape index (κ3) is 15.4. The van der Waals surface area contributed by atoms with E-state index in [0.29, 0.717) is 26.4 Å². The maximum absolute atomic E-state index is 5.69. The van der Waals surface area contributed by atoms with Crippen LogP contribution in [0.25, 0.3) is 0 Å². The number of halogens is 1. The topological polar surface area (TPSA) is 73.3 Å². The predicted molar refractivity (Wildman–Crippen MR) is 130 cm³/mol. The van der Waals surface area contributed by atoms with E-state index < -0.39 is 0 Å². The normalized spacial score (nSPS) is 11.3. The lowest BCUT2D eigenvalue weighted by atomic mass is 10.3. The van der Waals surface area contributed by atoms with Crippen LogP contribution in [-0.4, -0.2) is 65.3 Å². The number of rotatable bonds is 15. The van der Waals surface area contributed by atoms with E-state index in [0.717, 1.165) is 50.0 Å². The molecule has 0 saturated carbocycles. The zero-order chi connectivity index (χ0) is 20.5. The first-order valence-electron chi connectivity index (χ1n) is 10.1. The molecule has 0 aromatic heterocycles. The molecule has 0 aliphatic heterocycles. The Hall–Kier alpha value is -1.10. The van der Waals surface area contributed by atoms with Crippen molar-refractivity contribution in [2.24, 2.45) is 4.99 Å². The number of benzene rings is 1. The quantitative estimate of drug-likeness (QED) is 0.157. The molecule has 7 nitrogen and oxygen atoms in total. The van der Waals surface area contributed by atoms with Crippen molar-refractivity contribution in [3.8, 4) is 5.75 Å². The summed E-state index contributed by atoms with van der Waals surface area (Å²) in [6.07, 6.45) is 1.95. The highest BCUT2D eigenvalue weighted by Crippen LogP contribution is 2.16. The number of anilines is 1. The van der Waals surface area contributed by atoms with Gasteiger partial charge in [-0.25, -0.2) is 0 Å². The highest BCUT2D eigenvalue weighted by Gasteiger charge is 2.02. The van der Waals surface area contributed by atoms with Crippen LogP contribution >= 0.6 is 24.0 Å². The Balaban J connectivity index is 0.00000784. The lowest BCUT2D eigenvalue weighted by molar-refractivity contribution is 0.0702. The van der Waals surface area contributed by atoms with Gasteiger partial charge < -0.3 is 29.6 Å². The van der Waals surface area contributed by atoms with Gasteiger partial charge >= 0.3 is 0 Å². The van der Waals surface area contributed by atoms with Gasteiger partial charge in [-0.1, -0.05) is 0 Å². The van der Waals surface area contributed by atoms with Gasteiger partial charge in [0, 0.05) is 45.7 Å². The second-order valence-electron chi connectivity index (χ2n) is 6.48. The molecule has 1 aromatic carbocycles. The predicted octanol–water partition coefficient (Wildman–Crippen LogP) is 3.93. The smallest absolute Gasteiger partial charge is 0.195 e. The number of aliphatic imine (C=N–C) groups is 1. The Labute approximate surface area is 192 Å². The van der Waals surface area contributed by atoms with Crippen LogP contribution in [0.4, 0.5) is 5.69 Å². The van der Waals surface area contributed by atoms with E-state index in [9.17, 15) is 0 Å². The highest BCUT2D eigenvalue weighted by molar-refractivity contribution is 14.0. The molecule has 0 bridgehead atoms. The van der Waals surface area contributed by atoms with Gasteiger partial charge in [-0.2, -0.15) is 0 Å². The molecular formula is C21H38IN3O4. The van der Waals surface area contributed by atoms with Crippen LogP contribution < -0.4 is 15.4 Å². The molecule has 0 radical (unpaired) electrons. The van der Waals surface area contributed by atoms with Crippen molar-refractivity contribution in [3.05, 3.63) is 24.3 Å². The van der Waals surface area contributed by atoms with Gasteiger partial charge in [-0.3, -0.25) is 4.99 Å². The van der Waals surface area contributed by atoms with Crippen molar-refractivity contribution >= 4 is 35.6 Å². The number of ether oxygens (including phenoxy) is 4. The molecule has 0 atom stereocenters. The van der Waals surface area contributed by atoms with Gasteiger partial charge in [0.15, 0.2) is 5.96 Å². The molecule has 29 heavy (non-hydrogen) atoms. The third-order valence-electron chi connectivity index (χ3n) is 3.60. The maximum Gasteiger partial charge on any atom is 0.195 e. The van der Waals surface area contributed by atoms with E-state index in [-0.39, 0.29) is 30.1 Å². The molecule has 8 heteroatoms. The minimum absolute atomic E-state index is 0. The zero-order valence-electron chi connectivity index (χ0n) is 18.2. The third-order valence-corrected chi connectivity index (χ3v) is 3.60. The number of hydrogen-bond donors (Lipinski definition) is 2. The van der Waals surface area contributed by atoms with Gasteiger partial charge in [0.2, 0.25) is 0 Å². The van der Waals surface area contributed by atoms with Crippen LogP contribution in [0.3, 0.4) is 0 Å². The average Bonchev–Trinajstić information content (AvgIpc) is 2.68. The van der Waals surface area contributed by atoms with E-state index in [2.05, 4.69) is 15.6 Å². The molecule has 168 valence electrons. The van der Waals surface area contributed by atoms with Gasteiger partial charge in [0.05, 0.1) is 19.3 Å². The lowest BCUT2D eigenvalue weighted by Gasteiger charge is -2.14. The summed E-state index contributed by atoms with van der Waals surface area (Å²) in [5.74, 6) is 1.61. The second kappa shape index (κ2) is 18.9. The van der Waals surface area contributed by atoms with Crippen molar-refractivity contribution in [1.29, 1.82) is 0 Å². The van der Waals surface area contributed by atoms with Gasteiger partial charge in [0.25, 0.3) is 0 Å². The average molecular weight is 523 g/mol. The monoisotopic (exact) mass is 523 g/mol. The first kappa shape index (κ1) is 27.9. The van der Waals surface area contributed by atoms with Crippen molar-refractivity contribution in [3.63, 3.8) is 0 Å². The summed E-state index contributed by atoms with van der Waals surface area (Å²) in [7, 11) is 1.67. The van der Waals surface area contributed by atoms with Gasteiger partial charge in [0.1, 0.15) is 5.75 Å². The summed E-state index contributed by atoms with van der Waals surface area (Å²) in [5, 5.41) is 6.70. The van der Waals surface area contributed by atoms with Crippen molar-refractivity contribution in [2.45, 2.75) is 39.7 Å². The molecule has 1 rings (SSSR count). The Kier molecular flexibility index (Phi) is 18.2. The fourth-order valence-corrected chi connectivity index (χ4v) is 2.29. The van der Waals surface area contributed by atoms with E-state index in [4.69, 9.17) is 18.9 Å². The highest BCUT2D eigenvalue weighted by atomic mass is 127. The molecule has 0 aliphatic rings. The number of methoxy groups -OCH3 is 1. The molecule has 0 aliphatic carbocycles. The Bertz CT molecular complexity index is 527. The molecule has 0 unspecified atom stereocenters. The molecule has 1 aromatic rings. The van der Waals surface area contributed by atoms with Crippen LogP contribution in [0.15, 0.2) is 29.3 Å². The van der Waals surface area contributed by atoms with Crippen LogP contribution in [-0.2, 0) is 14.2 Å². The summed E-state index contributed by atoms with van der Waals surface area (Å²) < 4.78 is 21.5. The molecule has 0 amide bonds. The molecule has 2 N–H and O–H groups in total. The van der Waals surface area contributed by atoms with Gasteiger partial charge in [-0.05, 0) is 57.9 Å². The zero-order valence-corrected chi connectivity index (χ0v) is 20.6. The molecule has 0 saturated heterocycles. The minimum atomic E-state index is 0. The molecule has 0 spiro atoms. The van der Waals surface area contributed by atoms with E-state index in [1.807, 2.05) is 45.0 Å². The Morgan fingerprint density at radius 1 is 1.00 bits per heavy atom. The summed E-state index contributed by atoms with van der Waals surface area (Å²) in [6, 6.07) is 7.89. The minimum Gasteiger partial charge on any atom is -0.491 e. The largest absolute Gasteiger partial charge is 0.491 e. The molecular weight excluding hydrogens is 485 g/mol. The lowest BCUT2D eigenvalue weighted by Crippen LogP contribution is -2.32. The van der Waals surface area contributed by atoms with Crippen LogP contribution in [0.5, 0.6) is 5.75 Å². The van der Waals surface area contributed by atoms with Crippen molar-refractivity contribution in [1.82, 2.24) is 5.32 Å². The van der Waals surface area contributed by atoms with Crippen LogP contribution in [0.1, 0.15) is 33.6 Å². The van der Waals surface area contributed by atoms with E-state index >= 15 is 0 Å². The van der Waals surface area contributed by atoms with Crippen molar-refractivity contribution in [2.75, 3.05) is 58.6 Å². The van der Waals surface area contributed by atoms with E-state index in [1.165, 1.54) is 0 Å². The Morgan fingerprint density at radius 3 is 2.38 bits per heavy atom. The summed E-state index contributed by atoms with van der Waals surface area (Å²) in [4.78, 5) is 4.64. The van der Waals surface area contributed by atoms with Crippen LogP contribution in [0, 0.1) is 0 Å². The molecule has 0 heterocycles. The first-order chi connectivity index (χ1) is 13.7. The maximum atomic E-state index is 5.69. The SMILES string of the molecule is CCOCCCNC(=NCCCOCCOC)Nc1ccc(OC(C)C)cc1.I. The fourth-order valence-electron chi connectivity index (χ4n) is 2.29. The Morgan fingerprint density at radius 2 is 1.72 bits per heavy atom. The number of nitrogens with one attached hydrogen (secondary N) is 2. The van der Waals surface area contributed by atoms with Gasteiger partial charge in [-0.15, -0.1) is 24.0 Å². The fraction of sp³-hybridized carbons (Fsp3) is 0.667.